The third-order valence-electron chi connectivity index (χ3n) is 8.01. The molecular weight excluding hydrogens is 1180 g/mol. The highest BCUT2D eigenvalue weighted by atomic mass is 31.3. The van der Waals surface area contributed by atoms with E-state index in [2.05, 4.69) is 36.2 Å². The minimum Gasteiger partial charge on any atom is -0.304 e. The lowest BCUT2D eigenvalue weighted by atomic mass is 10.1. The van der Waals surface area contributed by atoms with Crippen molar-refractivity contribution in [1.82, 2.24) is 0 Å². The lowest BCUT2D eigenvalue weighted by Crippen LogP contribution is -2.52. The number of halogens is 35. The van der Waals surface area contributed by atoms with Crippen LogP contribution >= 0.6 is 23.4 Å². The Balaban J connectivity index is 4.42. The maximum atomic E-state index is 14.2. The summed E-state index contributed by atoms with van der Waals surface area (Å²) in [4.78, 5) is 0. The molecule has 1 atom stereocenters. The fraction of sp³-hybridized carbons (Fsp3) is 1.00. The van der Waals surface area contributed by atoms with Crippen molar-refractivity contribution < 1.29 is 176 Å². The van der Waals surface area contributed by atoms with Crippen LogP contribution in [0.25, 0.3) is 0 Å². The van der Waals surface area contributed by atoms with Crippen LogP contribution in [0.2, 0.25) is 0 Å². The van der Waals surface area contributed by atoms with Gasteiger partial charge >= 0.3 is 114 Å². The molecule has 8 nitrogen and oxygen atoms in total. The molecule has 71 heavy (non-hydrogen) atoms. The fourth-order valence-corrected chi connectivity index (χ4v) is 11.8. The largest absolute Gasteiger partial charge is 0.547 e. The van der Waals surface area contributed by atoms with Gasteiger partial charge in [0.2, 0.25) is 0 Å². The van der Waals surface area contributed by atoms with Crippen molar-refractivity contribution in [3.05, 3.63) is 0 Å². The van der Waals surface area contributed by atoms with Crippen LogP contribution in [0.3, 0.4) is 0 Å². The topological polar surface area (TPSA) is 83.2 Å². The molecule has 1 aliphatic heterocycles. The monoisotopic (exact) mass is 1200 g/mol. The molecular formula is C25H20F35N3O5P3+. The molecule has 424 valence electrons. The molecule has 0 aliphatic carbocycles. The van der Waals surface area contributed by atoms with Gasteiger partial charge in [0.25, 0.3) is 0 Å². The van der Waals surface area contributed by atoms with E-state index < -0.39 is 179 Å². The van der Waals surface area contributed by atoms with Crippen LogP contribution in [0, 0.1) is 0 Å². The van der Waals surface area contributed by atoms with Crippen LogP contribution in [0.15, 0.2) is 13.5 Å². The van der Waals surface area contributed by atoms with Gasteiger partial charge in [0.15, 0.2) is 0 Å². The maximum absolute atomic E-state index is 14.2. The Labute approximate surface area is 369 Å². The van der Waals surface area contributed by atoms with Crippen LogP contribution in [0.5, 0.6) is 0 Å². The average Bonchev–Trinajstić information content (AvgIpc) is 3.11. The smallest absolute Gasteiger partial charge is 0.304 e. The van der Waals surface area contributed by atoms with E-state index in [-0.39, 0.29) is 0 Å². The van der Waals surface area contributed by atoms with Crippen molar-refractivity contribution >= 4 is 23.4 Å². The molecule has 1 rings (SSSR count). The summed E-state index contributed by atoms with van der Waals surface area (Å²) in [6.07, 6.45) is -52.8. The van der Waals surface area contributed by atoms with E-state index in [4.69, 9.17) is 0 Å². The summed E-state index contributed by atoms with van der Waals surface area (Å²) in [6, 6.07) is 0. The summed E-state index contributed by atoms with van der Waals surface area (Å²) < 4.78 is 497. The van der Waals surface area contributed by atoms with Gasteiger partial charge in [-0.1, -0.05) is 0 Å². The second kappa shape index (κ2) is 20.8. The quantitative estimate of drug-likeness (QED) is 0.0672. The Kier molecular flexibility index (Phi) is 19.6. The Morgan fingerprint density at radius 3 is 0.690 bits per heavy atom. The van der Waals surface area contributed by atoms with Crippen molar-refractivity contribution in [3.63, 3.8) is 0 Å². The Morgan fingerprint density at radius 2 is 0.479 bits per heavy atom. The summed E-state index contributed by atoms with van der Waals surface area (Å²) in [5, 5.41) is 0. The lowest BCUT2D eigenvalue weighted by molar-refractivity contribution is -0.356. The van der Waals surface area contributed by atoms with Gasteiger partial charge in [-0.2, -0.15) is 154 Å². The van der Waals surface area contributed by atoms with Crippen LogP contribution in [0.1, 0.15) is 32.1 Å². The summed E-state index contributed by atoms with van der Waals surface area (Å²) in [6.45, 7) is -14.1. The van der Waals surface area contributed by atoms with Crippen LogP contribution in [-0.4, -0.2) is 123 Å². The summed E-state index contributed by atoms with van der Waals surface area (Å²) in [5.74, 6) is -69.3. The molecule has 0 fully saturated rings. The molecule has 0 N–H and O–H groups in total. The molecule has 1 unspecified atom stereocenters. The van der Waals surface area contributed by atoms with Gasteiger partial charge < -0.3 is 18.1 Å². The highest BCUT2D eigenvalue weighted by molar-refractivity contribution is 7.74. The Hall–Kier alpha value is -2.09. The number of alkyl halides is 35. The van der Waals surface area contributed by atoms with Crippen molar-refractivity contribution in [2.75, 3.05) is 33.0 Å². The van der Waals surface area contributed by atoms with E-state index in [0.29, 0.717) is 0 Å². The number of rotatable bonds is 25. The predicted octanol–water partition coefficient (Wildman–Crippen LogP) is 16.6. The van der Waals surface area contributed by atoms with Crippen molar-refractivity contribution in [1.29, 1.82) is 0 Å². The lowest BCUT2D eigenvalue weighted by Gasteiger charge is -2.31. The molecule has 46 heteroatoms. The molecule has 0 aromatic carbocycles. The number of hydrogen-bond donors (Lipinski definition) is 0. The normalized spacial score (nSPS) is 18.5. The SMILES string of the molecule is FC(F)(F)C(F)(F)C(F)(F)CCO[P+]1=NP(OCCC(F)(F)C(F)(F)C(F)(F)F)(OCCC(F)(F)C(F)(F)C(F)(F)F)=NP(OCCC(F)(F)C(F)(F)C(F)(F)F)(OCCC(F)(F)C(F)(F)C(F)(F)F)=N1. The minimum absolute atomic E-state index is 2.63. The third-order valence-corrected chi connectivity index (χ3v) is 15.3. The molecule has 1 heterocycles. The zero-order chi connectivity index (χ0) is 56.8. The highest BCUT2D eigenvalue weighted by Gasteiger charge is 2.76. The van der Waals surface area contributed by atoms with E-state index >= 15 is 0 Å². The first-order valence-corrected chi connectivity index (χ1v) is 21.2. The van der Waals surface area contributed by atoms with E-state index in [1.807, 2.05) is 0 Å². The fourth-order valence-electron chi connectivity index (χ4n) is 3.97. The minimum atomic E-state index is -7.32. The average molecular weight is 1200 g/mol. The zero-order valence-corrected chi connectivity index (χ0v) is 35.2. The molecule has 1 aliphatic rings. The zero-order valence-electron chi connectivity index (χ0n) is 32.5. The molecule has 0 radical (unpaired) electrons. The summed E-state index contributed by atoms with van der Waals surface area (Å²) >= 11 is 0. The van der Waals surface area contributed by atoms with Gasteiger partial charge in [-0.25, -0.2) is 0 Å². The first kappa shape index (κ1) is 66.9. The molecule has 0 aromatic heterocycles. The Morgan fingerprint density at radius 1 is 0.282 bits per heavy atom. The molecule has 0 spiro atoms. The van der Waals surface area contributed by atoms with Crippen LogP contribution in [-0.2, 0) is 22.6 Å². The summed E-state index contributed by atoms with van der Waals surface area (Å²) in [5.41, 5.74) is 0. The van der Waals surface area contributed by atoms with Crippen LogP contribution in [0.4, 0.5) is 154 Å². The van der Waals surface area contributed by atoms with Gasteiger partial charge in [0.05, 0.1) is 26.4 Å². The second-order valence-electron chi connectivity index (χ2n) is 13.3. The van der Waals surface area contributed by atoms with E-state index in [1.54, 1.807) is 0 Å². The highest BCUT2D eigenvalue weighted by Crippen LogP contribution is 2.75. The first-order chi connectivity index (χ1) is 30.8. The van der Waals surface area contributed by atoms with Gasteiger partial charge in [-0.15, -0.1) is 9.04 Å². The molecule has 0 saturated carbocycles. The van der Waals surface area contributed by atoms with Gasteiger partial charge in [0, 0.05) is 41.1 Å². The van der Waals surface area contributed by atoms with Crippen LogP contribution < -0.4 is 0 Å². The van der Waals surface area contributed by atoms with E-state index in [9.17, 15) is 154 Å². The van der Waals surface area contributed by atoms with E-state index in [1.165, 1.54) is 0 Å². The van der Waals surface area contributed by atoms with Gasteiger partial charge in [-0.3, -0.25) is 0 Å². The molecule has 0 aromatic rings. The summed E-state index contributed by atoms with van der Waals surface area (Å²) in [7, 11) is -18.3. The number of hydrogen-bond acceptors (Lipinski definition) is 8. The third kappa shape index (κ3) is 14.4. The first-order valence-electron chi connectivity index (χ1n) is 16.9. The molecule has 0 saturated heterocycles. The van der Waals surface area contributed by atoms with Gasteiger partial charge in [0.1, 0.15) is 6.61 Å². The Bertz CT molecular complexity index is 1770. The standard InChI is InChI=1S/C25H20F35N3O5P3/c26-11(27,16(36,37)21(46,47)48)1-6-64-69-61-70(65-7-2-12(28,29)17(38,39)22(49,50)51,66-8-3-13(30,31)18(40,41)23(52,53)54)63-71(62-69,67-9-4-14(32,33)19(42,43)24(55,56)57)68-10-5-15(34,35)20(44,45)25(58,59)60/h1-10H2/q+1. The van der Waals surface area contributed by atoms with Crippen molar-refractivity contribution in [3.8, 4) is 0 Å². The maximum Gasteiger partial charge on any atom is 0.547 e. The van der Waals surface area contributed by atoms with E-state index in [0.717, 1.165) is 0 Å². The molecule has 0 amide bonds. The predicted molar refractivity (Wildman–Crippen MR) is 161 cm³/mol. The van der Waals surface area contributed by atoms with Crippen molar-refractivity contribution in [2.24, 2.45) is 13.5 Å². The van der Waals surface area contributed by atoms with Crippen molar-refractivity contribution in [2.45, 2.75) is 122 Å². The number of nitrogens with zero attached hydrogens (tertiary/aromatic N) is 3. The molecule has 0 bridgehead atoms. The second-order valence-corrected chi connectivity index (χ2v) is 19.2. The van der Waals surface area contributed by atoms with Gasteiger partial charge in [-0.05, 0) is 0 Å².